The first-order valence-corrected chi connectivity index (χ1v) is 5.79. The van der Waals surface area contributed by atoms with Crippen LogP contribution in [0.2, 0.25) is 0 Å². The molecule has 0 aliphatic heterocycles. The van der Waals surface area contributed by atoms with Crippen LogP contribution in [0.15, 0.2) is 18.2 Å². The highest BCUT2D eigenvalue weighted by Crippen LogP contribution is 2.32. The molecule has 0 saturated heterocycles. The fourth-order valence-electron chi connectivity index (χ4n) is 1.88. The Morgan fingerprint density at radius 3 is 2.62 bits per heavy atom. The molecule has 0 saturated carbocycles. The first-order valence-electron chi connectivity index (χ1n) is 5.79. The summed E-state index contributed by atoms with van der Waals surface area (Å²) in [6.45, 7) is 0. The molecule has 0 aliphatic rings. The third kappa shape index (κ3) is 2.04. The van der Waals surface area contributed by atoms with E-state index in [-0.39, 0.29) is 11.5 Å². The lowest BCUT2D eigenvalue weighted by Gasteiger charge is -2.03. The van der Waals surface area contributed by atoms with E-state index < -0.39 is 28.8 Å². The number of aromatic hydroxyl groups is 1. The molecule has 0 atom stereocenters. The summed E-state index contributed by atoms with van der Waals surface area (Å²) < 4.78 is 45.1. The highest BCUT2D eigenvalue weighted by molar-refractivity contribution is 5.76. The normalized spacial score (nSPS) is 11.0. The van der Waals surface area contributed by atoms with E-state index in [4.69, 9.17) is 4.74 Å². The number of imidazole rings is 1. The number of hydrogen-bond donors (Lipinski definition) is 2. The van der Waals surface area contributed by atoms with Crippen molar-refractivity contribution in [3.63, 3.8) is 0 Å². The summed E-state index contributed by atoms with van der Waals surface area (Å²) in [7, 11) is 1.43. The lowest BCUT2D eigenvalue weighted by Crippen LogP contribution is -1.94. The average Bonchev–Trinajstić information content (AvgIpc) is 2.91. The van der Waals surface area contributed by atoms with Crippen LogP contribution in [0.3, 0.4) is 0 Å². The molecule has 3 rings (SSSR count). The number of pyridine rings is 1. The van der Waals surface area contributed by atoms with Gasteiger partial charge in [0.05, 0.1) is 18.2 Å². The minimum atomic E-state index is -1.65. The molecule has 0 amide bonds. The number of aromatic nitrogens is 3. The van der Waals surface area contributed by atoms with Crippen molar-refractivity contribution < 1.29 is 23.0 Å². The van der Waals surface area contributed by atoms with E-state index >= 15 is 0 Å². The van der Waals surface area contributed by atoms with Crippen LogP contribution in [0, 0.1) is 17.5 Å². The van der Waals surface area contributed by atoms with Crippen LogP contribution >= 0.6 is 0 Å². The van der Waals surface area contributed by atoms with Crippen molar-refractivity contribution in [2.24, 2.45) is 0 Å². The Hall–Kier alpha value is -2.77. The summed E-state index contributed by atoms with van der Waals surface area (Å²) >= 11 is 0. The molecular weight excluding hydrogens is 287 g/mol. The molecule has 0 spiro atoms. The van der Waals surface area contributed by atoms with Crippen molar-refractivity contribution in [3.8, 4) is 23.0 Å². The number of rotatable bonds is 2. The lowest BCUT2D eigenvalue weighted by molar-refractivity contribution is 0.377. The molecule has 0 fully saturated rings. The second-order valence-corrected chi connectivity index (χ2v) is 4.19. The SMILES string of the molecule is COc1ccc2[nH]c(-c3cc(F)c(F)c(O)c3F)nc2n1. The third-order valence-electron chi connectivity index (χ3n) is 2.92. The highest BCUT2D eigenvalue weighted by atomic mass is 19.2. The molecule has 1 aromatic carbocycles. The molecule has 0 bridgehead atoms. The van der Waals surface area contributed by atoms with Crippen molar-refractivity contribution in [2.75, 3.05) is 7.11 Å². The van der Waals surface area contributed by atoms with Gasteiger partial charge in [-0.3, -0.25) is 0 Å². The number of aromatic amines is 1. The molecule has 2 N–H and O–H groups in total. The summed E-state index contributed by atoms with van der Waals surface area (Å²) in [6, 6.07) is 3.76. The monoisotopic (exact) mass is 295 g/mol. The van der Waals surface area contributed by atoms with E-state index in [9.17, 15) is 18.3 Å². The summed E-state index contributed by atoms with van der Waals surface area (Å²) in [6.07, 6.45) is 0. The Kier molecular flexibility index (Phi) is 2.93. The van der Waals surface area contributed by atoms with Crippen LogP contribution in [-0.4, -0.2) is 27.2 Å². The second-order valence-electron chi connectivity index (χ2n) is 4.19. The number of hydrogen-bond acceptors (Lipinski definition) is 4. The predicted molar refractivity (Wildman–Crippen MR) is 67.4 cm³/mol. The van der Waals surface area contributed by atoms with Gasteiger partial charge in [0.2, 0.25) is 11.7 Å². The van der Waals surface area contributed by atoms with Gasteiger partial charge in [-0.2, -0.15) is 9.37 Å². The summed E-state index contributed by atoms with van der Waals surface area (Å²) in [4.78, 5) is 10.7. The van der Waals surface area contributed by atoms with Crippen LogP contribution in [0.1, 0.15) is 0 Å². The minimum absolute atomic E-state index is 0.0857. The summed E-state index contributed by atoms with van der Waals surface area (Å²) in [5.74, 6) is -5.51. The van der Waals surface area contributed by atoms with E-state index in [1.807, 2.05) is 0 Å². The van der Waals surface area contributed by atoms with Gasteiger partial charge in [0.1, 0.15) is 5.82 Å². The van der Waals surface area contributed by atoms with Gasteiger partial charge in [-0.05, 0) is 12.1 Å². The zero-order chi connectivity index (χ0) is 15.1. The van der Waals surface area contributed by atoms with E-state index in [0.29, 0.717) is 17.5 Å². The number of phenolic OH excluding ortho intramolecular Hbond substituents is 1. The largest absolute Gasteiger partial charge is 0.503 e. The van der Waals surface area contributed by atoms with Crippen molar-refractivity contribution in [1.29, 1.82) is 0 Å². The number of H-pyrrole nitrogens is 1. The average molecular weight is 295 g/mol. The molecule has 2 aromatic heterocycles. The van der Waals surface area contributed by atoms with Gasteiger partial charge in [0.15, 0.2) is 23.0 Å². The maximum absolute atomic E-state index is 13.8. The number of phenols is 1. The summed E-state index contributed by atoms with van der Waals surface area (Å²) in [5, 5.41) is 9.22. The van der Waals surface area contributed by atoms with Gasteiger partial charge in [-0.25, -0.2) is 13.8 Å². The van der Waals surface area contributed by atoms with Crippen molar-refractivity contribution in [1.82, 2.24) is 15.0 Å². The minimum Gasteiger partial charge on any atom is -0.503 e. The third-order valence-corrected chi connectivity index (χ3v) is 2.92. The van der Waals surface area contributed by atoms with Gasteiger partial charge in [-0.1, -0.05) is 0 Å². The van der Waals surface area contributed by atoms with Crippen molar-refractivity contribution in [2.45, 2.75) is 0 Å². The molecule has 2 heterocycles. The van der Waals surface area contributed by atoms with Gasteiger partial charge in [-0.15, -0.1) is 0 Å². The Morgan fingerprint density at radius 1 is 1.14 bits per heavy atom. The number of nitrogens with zero attached hydrogens (tertiary/aromatic N) is 2. The number of halogens is 3. The molecule has 0 radical (unpaired) electrons. The Balaban J connectivity index is 2.21. The topological polar surface area (TPSA) is 71.0 Å². The molecule has 21 heavy (non-hydrogen) atoms. The van der Waals surface area contributed by atoms with Gasteiger partial charge in [0, 0.05) is 6.07 Å². The Morgan fingerprint density at radius 2 is 1.90 bits per heavy atom. The molecule has 8 heteroatoms. The van der Waals surface area contributed by atoms with Crippen molar-refractivity contribution >= 4 is 11.2 Å². The zero-order valence-electron chi connectivity index (χ0n) is 10.6. The van der Waals surface area contributed by atoms with E-state index in [0.717, 1.165) is 0 Å². The summed E-state index contributed by atoms with van der Waals surface area (Å²) in [5.41, 5.74) is 0.269. The van der Waals surface area contributed by atoms with Gasteiger partial charge < -0.3 is 14.8 Å². The number of benzene rings is 1. The van der Waals surface area contributed by atoms with Crippen LogP contribution < -0.4 is 4.74 Å². The quantitative estimate of drug-likeness (QED) is 0.713. The maximum atomic E-state index is 13.8. The molecule has 108 valence electrons. The van der Waals surface area contributed by atoms with Crippen molar-refractivity contribution in [3.05, 3.63) is 35.7 Å². The van der Waals surface area contributed by atoms with Crippen LogP contribution in [0.4, 0.5) is 13.2 Å². The second kappa shape index (κ2) is 4.65. The van der Waals surface area contributed by atoms with Gasteiger partial charge >= 0.3 is 0 Å². The molecule has 3 aromatic rings. The molecule has 0 aliphatic carbocycles. The van der Waals surface area contributed by atoms with E-state index in [2.05, 4.69) is 15.0 Å². The highest BCUT2D eigenvalue weighted by Gasteiger charge is 2.21. The standard InChI is InChI=1S/C13H8F3N3O2/c1-21-8-3-2-7-13(18-8)19-12(17-7)5-4-6(14)10(16)11(20)9(5)15/h2-4,20H,1H3,(H,17,18,19). The van der Waals surface area contributed by atoms with E-state index in [1.54, 1.807) is 12.1 Å². The van der Waals surface area contributed by atoms with E-state index in [1.165, 1.54) is 7.11 Å². The zero-order valence-corrected chi connectivity index (χ0v) is 10.6. The molecule has 5 nitrogen and oxygen atoms in total. The first-order chi connectivity index (χ1) is 10.0. The lowest BCUT2D eigenvalue weighted by atomic mass is 10.1. The maximum Gasteiger partial charge on any atom is 0.215 e. The fraction of sp³-hybridized carbons (Fsp3) is 0.0769. The first kappa shape index (κ1) is 13.2. The van der Waals surface area contributed by atoms with Gasteiger partial charge in [0.25, 0.3) is 0 Å². The Labute approximate surface area is 116 Å². The predicted octanol–water partition coefficient (Wildman–Crippen LogP) is 2.76. The number of methoxy groups -OCH3 is 1. The van der Waals surface area contributed by atoms with Crippen LogP contribution in [0.25, 0.3) is 22.6 Å². The fourth-order valence-corrected chi connectivity index (χ4v) is 1.88. The van der Waals surface area contributed by atoms with Crippen LogP contribution in [-0.2, 0) is 0 Å². The van der Waals surface area contributed by atoms with Crippen LogP contribution in [0.5, 0.6) is 11.6 Å². The number of fused-ring (bicyclic) bond motifs is 1. The number of ether oxygens (including phenoxy) is 1. The molecule has 0 unspecified atom stereocenters. The Bertz CT molecular complexity index is 848. The number of nitrogens with one attached hydrogen (secondary N) is 1. The molecular formula is C13H8F3N3O2. The smallest absolute Gasteiger partial charge is 0.215 e.